The summed E-state index contributed by atoms with van der Waals surface area (Å²) in [5.41, 5.74) is 10.5. The first-order valence-corrected chi connectivity index (χ1v) is 13.3. The van der Waals surface area contributed by atoms with Crippen molar-refractivity contribution >= 4 is 28.8 Å². The van der Waals surface area contributed by atoms with Gasteiger partial charge in [0.2, 0.25) is 5.91 Å². The third kappa shape index (κ3) is 6.91. The topological polar surface area (TPSA) is 101 Å². The van der Waals surface area contributed by atoms with Gasteiger partial charge in [-0.25, -0.2) is 4.98 Å². The molecule has 1 aliphatic heterocycles. The molecule has 3 heterocycles. The summed E-state index contributed by atoms with van der Waals surface area (Å²) in [7, 11) is 0. The zero-order valence-electron chi connectivity index (χ0n) is 21.6. The Morgan fingerprint density at radius 2 is 1.82 bits per heavy atom. The van der Waals surface area contributed by atoms with Gasteiger partial charge < -0.3 is 21.3 Å². The van der Waals surface area contributed by atoms with Gasteiger partial charge in [0.25, 0.3) is 0 Å². The molecule has 2 aromatic carbocycles. The largest absolute Gasteiger partial charge is 0.381 e. The minimum absolute atomic E-state index is 0.138. The molecule has 0 saturated carbocycles. The molecule has 8 nitrogen and oxygen atoms in total. The first-order chi connectivity index (χ1) is 18.6. The molecule has 0 aliphatic carbocycles. The van der Waals surface area contributed by atoms with Crippen molar-refractivity contribution < 1.29 is 4.79 Å². The second kappa shape index (κ2) is 12.3. The molecule has 1 amide bonds. The van der Waals surface area contributed by atoms with Gasteiger partial charge in [0.15, 0.2) is 0 Å². The summed E-state index contributed by atoms with van der Waals surface area (Å²) in [6, 6.07) is 22.6. The normalized spacial score (nSPS) is 13.8. The van der Waals surface area contributed by atoms with Crippen LogP contribution in [0.2, 0.25) is 0 Å². The Hall–Kier alpha value is -4.33. The molecule has 0 unspecified atom stereocenters. The van der Waals surface area contributed by atoms with Crippen LogP contribution in [0.4, 0.5) is 22.9 Å². The van der Waals surface area contributed by atoms with E-state index in [1.165, 1.54) is 24.9 Å². The summed E-state index contributed by atoms with van der Waals surface area (Å²) in [5.74, 6) is 1.08. The van der Waals surface area contributed by atoms with Gasteiger partial charge in [0.05, 0.1) is 6.42 Å². The summed E-state index contributed by atoms with van der Waals surface area (Å²) in [5, 5.41) is 11.1. The van der Waals surface area contributed by atoms with Crippen LogP contribution in [0.5, 0.6) is 0 Å². The van der Waals surface area contributed by atoms with Crippen LogP contribution >= 0.6 is 0 Å². The lowest BCUT2D eigenvalue weighted by molar-refractivity contribution is -0.117. The van der Waals surface area contributed by atoms with Gasteiger partial charge in [-0.1, -0.05) is 30.3 Å². The fourth-order valence-corrected chi connectivity index (χ4v) is 4.97. The van der Waals surface area contributed by atoms with E-state index in [9.17, 15) is 4.79 Å². The molecule has 0 atom stereocenters. The van der Waals surface area contributed by atoms with Crippen molar-refractivity contribution in [3.05, 3.63) is 96.4 Å². The maximum Gasteiger partial charge on any atom is 0.221 e. The number of aryl methyl sites for hydroxylation is 1. The number of primary amides is 1. The molecular formula is C30H35N7O. The maximum absolute atomic E-state index is 11.6. The first kappa shape index (κ1) is 25.3. The SMILES string of the molecule is NC(=O)Cc1cnc(Nc2ccc(N3CCC(CCn4cccn4)CC3)cc2)cc1NCc1ccccc1. The second-order valence-electron chi connectivity index (χ2n) is 9.87. The Bertz CT molecular complexity index is 1300. The predicted octanol–water partition coefficient (Wildman–Crippen LogP) is 4.97. The van der Waals surface area contributed by atoms with E-state index in [-0.39, 0.29) is 12.3 Å². The maximum atomic E-state index is 11.6. The van der Waals surface area contributed by atoms with Gasteiger partial charge in [0.1, 0.15) is 5.82 Å². The van der Waals surface area contributed by atoms with E-state index < -0.39 is 0 Å². The fourth-order valence-electron chi connectivity index (χ4n) is 4.97. The number of aromatic nitrogens is 3. The number of carbonyl (C=O) groups excluding carboxylic acids is 1. The van der Waals surface area contributed by atoms with Crippen LogP contribution in [-0.2, 0) is 24.3 Å². The fraction of sp³-hybridized carbons (Fsp3) is 0.300. The molecule has 196 valence electrons. The zero-order valence-corrected chi connectivity index (χ0v) is 21.6. The monoisotopic (exact) mass is 509 g/mol. The van der Waals surface area contributed by atoms with Crippen LogP contribution < -0.4 is 21.3 Å². The predicted molar refractivity (Wildman–Crippen MR) is 152 cm³/mol. The van der Waals surface area contributed by atoms with Crippen molar-refractivity contribution in [3.63, 3.8) is 0 Å². The van der Waals surface area contributed by atoms with Gasteiger partial charge in [-0.3, -0.25) is 9.48 Å². The summed E-state index contributed by atoms with van der Waals surface area (Å²) in [6.45, 7) is 3.80. The van der Waals surface area contributed by atoms with Crippen molar-refractivity contribution in [2.45, 2.75) is 38.8 Å². The number of nitrogens with two attached hydrogens (primary N) is 1. The van der Waals surface area contributed by atoms with Crippen molar-refractivity contribution in [1.29, 1.82) is 0 Å². The van der Waals surface area contributed by atoms with Gasteiger partial charge in [0, 0.05) is 73.5 Å². The van der Waals surface area contributed by atoms with Crippen LogP contribution in [0, 0.1) is 5.92 Å². The number of hydrogen-bond donors (Lipinski definition) is 3. The van der Waals surface area contributed by atoms with Crippen molar-refractivity contribution in [1.82, 2.24) is 14.8 Å². The third-order valence-electron chi connectivity index (χ3n) is 7.12. The zero-order chi connectivity index (χ0) is 26.2. The smallest absolute Gasteiger partial charge is 0.221 e. The van der Waals surface area contributed by atoms with Crippen molar-refractivity contribution in [3.8, 4) is 0 Å². The van der Waals surface area contributed by atoms with E-state index in [4.69, 9.17) is 5.73 Å². The van der Waals surface area contributed by atoms with E-state index in [0.717, 1.165) is 48.1 Å². The Balaban J connectivity index is 1.17. The molecule has 0 bridgehead atoms. The number of benzene rings is 2. The van der Waals surface area contributed by atoms with Crippen molar-refractivity contribution in [2.24, 2.45) is 11.7 Å². The minimum atomic E-state index is -0.382. The average Bonchev–Trinajstić information content (AvgIpc) is 3.47. The minimum Gasteiger partial charge on any atom is -0.381 e. The summed E-state index contributed by atoms with van der Waals surface area (Å²) < 4.78 is 2.03. The Morgan fingerprint density at radius 1 is 1.03 bits per heavy atom. The number of piperidine rings is 1. The highest BCUT2D eigenvalue weighted by Gasteiger charge is 2.19. The molecule has 0 radical (unpaired) electrons. The number of hydrogen-bond acceptors (Lipinski definition) is 6. The van der Waals surface area contributed by atoms with Crippen LogP contribution in [0.1, 0.15) is 30.4 Å². The molecular weight excluding hydrogens is 474 g/mol. The van der Waals surface area contributed by atoms with E-state index in [2.05, 4.69) is 62.0 Å². The Kier molecular flexibility index (Phi) is 8.18. The van der Waals surface area contributed by atoms with Gasteiger partial charge in [-0.2, -0.15) is 5.10 Å². The molecule has 1 aliphatic rings. The van der Waals surface area contributed by atoms with E-state index >= 15 is 0 Å². The summed E-state index contributed by atoms with van der Waals surface area (Å²) >= 11 is 0. The lowest BCUT2D eigenvalue weighted by Gasteiger charge is -2.33. The number of nitrogens with one attached hydrogen (secondary N) is 2. The van der Waals surface area contributed by atoms with Crippen LogP contribution in [0.15, 0.2) is 85.3 Å². The molecule has 4 aromatic rings. The van der Waals surface area contributed by atoms with Crippen LogP contribution in [-0.4, -0.2) is 33.8 Å². The van der Waals surface area contributed by atoms with E-state index in [1.807, 2.05) is 47.4 Å². The molecule has 0 spiro atoms. The van der Waals surface area contributed by atoms with Gasteiger partial charge >= 0.3 is 0 Å². The quantitative estimate of drug-likeness (QED) is 0.264. The lowest BCUT2D eigenvalue weighted by Crippen LogP contribution is -2.33. The van der Waals surface area contributed by atoms with Gasteiger partial charge in [-0.15, -0.1) is 0 Å². The molecule has 4 N–H and O–H groups in total. The van der Waals surface area contributed by atoms with Gasteiger partial charge in [-0.05, 0) is 61.1 Å². The van der Waals surface area contributed by atoms with E-state index in [1.54, 1.807) is 6.20 Å². The number of anilines is 4. The molecule has 1 fully saturated rings. The van der Waals surface area contributed by atoms with Crippen molar-refractivity contribution in [2.75, 3.05) is 28.6 Å². The number of rotatable bonds is 11. The highest BCUT2D eigenvalue weighted by atomic mass is 16.1. The summed E-state index contributed by atoms with van der Waals surface area (Å²) in [6.07, 6.45) is 9.34. The highest BCUT2D eigenvalue weighted by Crippen LogP contribution is 2.28. The number of nitrogens with zero attached hydrogens (tertiary/aromatic N) is 4. The molecule has 2 aromatic heterocycles. The van der Waals surface area contributed by atoms with Crippen LogP contribution in [0.3, 0.4) is 0 Å². The second-order valence-corrected chi connectivity index (χ2v) is 9.87. The lowest BCUT2D eigenvalue weighted by atomic mass is 9.93. The average molecular weight is 510 g/mol. The number of pyridine rings is 1. The molecule has 8 heteroatoms. The third-order valence-corrected chi connectivity index (χ3v) is 7.12. The number of amides is 1. The van der Waals surface area contributed by atoms with E-state index in [0.29, 0.717) is 12.4 Å². The Morgan fingerprint density at radius 3 is 2.53 bits per heavy atom. The molecule has 5 rings (SSSR count). The number of carbonyl (C=O) groups is 1. The standard InChI is InChI=1S/C30H35N7O/c31-29(38)19-25-22-33-30(20-28(25)32-21-24-5-2-1-3-6-24)35-26-7-9-27(10-8-26)36-16-11-23(12-17-36)13-18-37-15-4-14-34-37/h1-10,14-15,20,22-23H,11-13,16-19,21H2,(H2,31,38)(H2,32,33,35). The van der Waals surface area contributed by atoms with Crippen LogP contribution in [0.25, 0.3) is 0 Å². The highest BCUT2D eigenvalue weighted by molar-refractivity contribution is 5.79. The molecule has 1 saturated heterocycles. The first-order valence-electron chi connectivity index (χ1n) is 13.3. The summed E-state index contributed by atoms with van der Waals surface area (Å²) in [4.78, 5) is 18.6. The molecule has 38 heavy (non-hydrogen) atoms. The Labute approximate surface area is 223 Å².